The van der Waals surface area contributed by atoms with Gasteiger partial charge in [0.25, 0.3) is 0 Å². The molecule has 0 radical (unpaired) electrons. The first-order valence-electron chi connectivity index (χ1n) is 9.39. The summed E-state index contributed by atoms with van der Waals surface area (Å²) in [6.07, 6.45) is 2.00. The Labute approximate surface area is 180 Å². The highest BCUT2D eigenvalue weighted by Gasteiger charge is 2.13. The Bertz CT molecular complexity index is 1430. The third-order valence-electron chi connectivity index (χ3n) is 5.01. The maximum atomic E-state index is 12.9. The molecule has 0 bridgehead atoms. The van der Waals surface area contributed by atoms with Crippen LogP contribution in [0.4, 0.5) is 5.69 Å². The first-order chi connectivity index (χ1) is 14.6. The van der Waals surface area contributed by atoms with E-state index >= 15 is 0 Å². The van der Waals surface area contributed by atoms with Gasteiger partial charge in [0.1, 0.15) is 6.54 Å². The van der Waals surface area contributed by atoms with E-state index in [1.807, 2.05) is 65.4 Å². The zero-order valence-electron chi connectivity index (χ0n) is 16.1. The Hall–Kier alpha value is -3.16. The summed E-state index contributed by atoms with van der Waals surface area (Å²) in [6, 6.07) is 20.6. The number of carbonyl (C=O) groups excluding carboxylic acids is 1. The molecular formula is C23H17N3O2S2. The molecule has 5 aromatic rings. The lowest BCUT2D eigenvalue weighted by atomic mass is 10.1. The van der Waals surface area contributed by atoms with E-state index in [0.717, 1.165) is 31.3 Å². The van der Waals surface area contributed by atoms with E-state index in [-0.39, 0.29) is 17.9 Å². The van der Waals surface area contributed by atoms with Crippen molar-refractivity contribution in [3.8, 4) is 0 Å². The Morgan fingerprint density at radius 3 is 2.37 bits per heavy atom. The lowest BCUT2D eigenvalue weighted by Crippen LogP contribution is -2.21. The Balaban J connectivity index is 1.53. The van der Waals surface area contributed by atoms with Crippen molar-refractivity contribution >= 4 is 66.7 Å². The molecule has 0 saturated carbocycles. The molecule has 2 heterocycles. The van der Waals surface area contributed by atoms with Crippen molar-refractivity contribution in [1.29, 1.82) is 0 Å². The molecule has 30 heavy (non-hydrogen) atoms. The van der Waals surface area contributed by atoms with Gasteiger partial charge in [0, 0.05) is 16.5 Å². The maximum Gasteiger partial charge on any atom is 0.244 e. The molecule has 0 aliphatic rings. The van der Waals surface area contributed by atoms with Gasteiger partial charge in [0.05, 0.1) is 21.3 Å². The maximum absolute atomic E-state index is 12.9. The van der Waals surface area contributed by atoms with Crippen LogP contribution in [0.2, 0.25) is 0 Å². The summed E-state index contributed by atoms with van der Waals surface area (Å²) >= 11 is 3.22. The predicted molar refractivity (Wildman–Crippen MR) is 126 cm³/mol. The molecule has 5 nitrogen and oxygen atoms in total. The highest BCUT2D eigenvalue weighted by Crippen LogP contribution is 2.30. The van der Waals surface area contributed by atoms with Gasteiger partial charge in [-0.15, -0.1) is 11.3 Å². The second-order valence-electron chi connectivity index (χ2n) is 6.86. The summed E-state index contributed by atoms with van der Waals surface area (Å²) in [6.45, 7) is 0.109. The van der Waals surface area contributed by atoms with Crippen molar-refractivity contribution in [2.75, 3.05) is 11.6 Å². The molecule has 0 aliphatic carbocycles. The van der Waals surface area contributed by atoms with Gasteiger partial charge in [-0.3, -0.25) is 9.59 Å². The fourth-order valence-corrected chi connectivity index (χ4v) is 5.19. The van der Waals surface area contributed by atoms with Gasteiger partial charge in [-0.25, -0.2) is 4.98 Å². The number of hydrogen-bond acceptors (Lipinski definition) is 5. The van der Waals surface area contributed by atoms with Crippen molar-refractivity contribution in [3.63, 3.8) is 0 Å². The molecule has 1 N–H and O–H groups in total. The van der Waals surface area contributed by atoms with Crippen LogP contribution >= 0.6 is 23.1 Å². The number of thioether (sulfide) groups is 1. The van der Waals surface area contributed by atoms with Crippen molar-refractivity contribution < 1.29 is 4.79 Å². The van der Waals surface area contributed by atoms with Crippen LogP contribution in [-0.2, 0) is 11.3 Å². The van der Waals surface area contributed by atoms with Crippen molar-refractivity contribution in [2.24, 2.45) is 0 Å². The summed E-state index contributed by atoms with van der Waals surface area (Å²) in [4.78, 5) is 30.3. The molecule has 0 saturated heterocycles. The number of thiazole rings is 1. The van der Waals surface area contributed by atoms with Crippen LogP contribution in [0.15, 0.2) is 75.9 Å². The zero-order valence-corrected chi connectivity index (χ0v) is 17.7. The number of hydrogen-bond donors (Lipinski definition) is 1. The zero-order chi connectivity index (χ0) is 20.7. The molecule has 0 fully saturated rings. The largest absolute Gasteiger partial charge is 0.331 e. The van der Waals surface area contributed by atoms with E-state index in [1.165, 1.54) is 0 Å². The fourth-order valence-electron chi connectivity index (χ4n) is 3.66. The van der Waals surface area contributed by atoms with Crippen LogP contribution in [-0.4, -0.2) is 21.7 Å². The molecule has 0 atom stereocenters. The van der Waals surface area contributed by atoms with E-state index in [9.17, 15) is 9.59 Å². The molecule has 2 aromatic heterocycles. The van der Waals surface area contributed by atoms with Crippen LogP contribution in [0.5, 0.6) is 0 Å². The molecule has 7 heteroatoms. The average molecular weight is 432 g/mol. The number of amides is 1. The normalized spacial score (nSPS) is 11.4. The topological polar surface area (TPSA) is 64.0 Å². The lowest BCUT2D eigenvalue weighted by molar-refractivity contribution is -0.116. The number of pyridine rings is 1. The molecule has 3 aromatic carbocycles. The standard InChI is InChI=1S/C23H17N3O2S2/c1-29-23-25-17-11-10-14(12-20(17)30-23)24-21(27)13-26-18-8-4-2-6-15(18)22(28)16-7-3-5-9-19(16)26/h2-12H,13H2,1H3,(H,24,27). The van der Waals surface area contributed by atoms with E-state index in [2.05, 4.69) is 10.3 Å². The average Bonchev–Trinajstić information content (AvgIpc) is 3.19. The minimum Gasteiger partial charge on any atom is -0.331 e. The quantitative estimate of drug-likeness (QED) is 0.317. The Kier molecular flexibility index (Phi) is 4.77. The molecule has 1 amide bonds. The van der Waals surface area contributed by atoms with Gasteiger partial charge >= 0.3 is 0 Å². The lowest BCUT2D eigenvalue weighted by Gasteiger charge is -2.15. The third-order valence-corrected chi connectivity index (χ3v) is 7.01. The molecular weight excluding hydrogens is 414 g/mol. The number of carbonyl (C=O) groups is 1. The van der Waals surface area contributed by atoms with E-state index in [0.29, 0.717) is 10.8 Å². The second-order valence-corrected chi connectivity index (χ2v) is 8.95. The monoisotopic (exact) mass is 431 g/mol. The number of aromatic nitrogens is 2. The molecule has 0 aliphatic heterocycles. The highest BCUT2D eigenvalue weighted by atomic mass is 32.2. The minimum atomic E-state index is -0.150. The predicted octanol–water partition coefficient (Wildman–Crippen LogP) is 5.13. The van der Waals surface area contributed by atoms with Gasteiger partial charge in [0.15, 0.2) is 9.77 Å². The van der Waals surface area contributed by atoms with Crippen LogP contribution in [0.3, 0.4) is 0 Å². The number of benzene rings is 3. The van der Waals surface area contributed by atoms with Crippen LogP contribution in [0.1, 0.15) is 0 Å². The fraction of sp³-hybridized carbons (Fsp3) is 0.0870. The van der Waals surface area contributed by atoms with Gasteiger partial charge < -0.3 is 9.88 Å². The van der Waals surface area contributed by atoms with Crippen LogP contribution < -0.4 is 10.7 Å². The number of para-hydroxylation sites is 2. The SMILES string of the molecule is CSc1nc2ccc(NC(=O)Cn3c4ccccc4c(=O)c4ccccc43)cc2s1. The smallest absolute Gasteiger partial charge is 0.244 e. The first-order valence-corrected chi connectivity index (χ1v) is 11.4. The van der Waals surface area contributed by atoms with Gasteiger partial charge in [-0.05, 0) is 48.7 Å². The number of nitrogens with zero attached hydrogens (tertiary/aromatic N) is 2. The van der Waals surface area contributed by atoms with Crippen molar-refractivity contribution in [1.82, 2.24) is 9.55 Å². The Morgan fingerprint density at radius 2 is 1.70 bits per heavy atom. The summed E-state index contributed by atoms with van der Waals surface area (Å²) in [7, 11) is 0. The Morgan fingerprint density at radius 1 is 1.03 bits per heavy atom. The minimum absolute atomic E-state index is 0.0156. The van der Waals surface area contributed by atoms with E-state index < -0.39 is 0 Å². The second kappa shape index (κ2) is 7.59. The summed E-state index contributed by atoms with van der Waals surface area (Å²) in [5.74, 6) is -0.150. The number of rotatable bonds is 4. The molecule has 0 spiro atoms. The number of fused-ring (bicyclic) bond motifs is 3. The van der Waals surface area contributed by atoms with Gasteiger partial charge in [0.2, 0.25) is 5.91 Å². The number of anilines is 1. The summed E-state index contributed by atoms with van der Waals surface area (Å²) in [5.41, 5.74) is 3.15. The summed E-state index contributed by atoms with van der Waals surface area (Å²) in [5, 5.41) is 4.21. The highest BCUT2D eigenvalue weighted by molar-refractivity contribution is 8.00. The molecule has 5 rings (SSSR count). The van der Waals surface area contributed by atoms with E-state index in [4.69, 9.17) is 0 Å². The van der Waals surface area contributed by atoms with Crippen LogP contribution in [0.25, 0.3) is 32.0 Å². The first kappa shape index (κ1) is 18.8. The number of nitrogens with one attached hydrogen (secondary N) is 1. The molecule has 0 unspecified atom stereocenters. The molecule has 148 valence electrons. The third kappa shape index (κ3) is 3.26. The van der Waals surface area contributed by atoms with Crippen molar-refractivity contribution in [2.45, 2.75) is 10.9 Å². The van der Waals surface area contributed by atoms with E-state index in [1.54, 1.807) is 35.2 Å². The summed E-state index contributed by atoms with van der Waals surface area (Å²) < 4.78 is 3.94. The van der Waals surface area contributed by atoms with Gasteiger partial charge in [-0.1, -0.05) is 36.0 Å². The van der Waals surface area contributed by atoms with Gasteiger partial charge in [-0.2, -0.15) is 0 Å². The van der Waals surface area contributed by atoms with Crippen molar-refractivity contribution in [3.05, 3.63) is 77.0 Å². The van der Waals surface area contributed by atoms with Crippen LogP contribution in [0, 0.1) is 0 Å².